The summed E-state index contributed by atoms with van der Waals surface area (Å²) in [6.45, 7) is 4.20. The summed E-state index contributed by atoms with van der Waals surface area (Å²) in [7, 11) is 0. The molecule has 2 aromatic carbocycles. The van der Waals surface area contributed by atoms with Crippen molar-refractivity contribution in [2.24, 2.45) is 5.73 Å². The first kappa shape index (κ1) is 19.0. The molecule has 1 atom stereocenters. The van der Waals surface area contributed by atoms with Crippen LogP contribution >= 0.6 is 15.9 Å². The van der Waals surface area contributed by atoms with E-state index >= 15 is 0 Å². The van der Waals surface area contributed by atoms with Gasteiger partial charge in [-0.25, -0.2) is 4.79 Å². The van der Waals surface area contributed by atoms with Crippen molar-refractivity contribution in [1.82, 2.24) is 5.32 Å². The van der Waals surface area contributed by atoms with E-state index in [4.69, 9.17) is 5.73 Å². The van der Waals surface area contributed by atoms with E-state index in [0.29, 0.717) is 5.92 Å². The highest BCUT2D eigenvalue weighted by Gasteiger charge is 2.17. The molecule has 0 unspecified atom stereocenters. The van der Waals surface area contributed by atoms with E-state index in [0.717, 1.165) is 21.3 Å². The van der Waals surface area contributed by atoms with Gasteiger partial charge in [-0.2, -0.15) is 0 Å². The van der Waals surface area contributed by atoms with E-state index < -0.39 is 12.1 Å². The van der Waals surface area contributed by atoms with Gasteiger partial charge in [-0.05, 0) is 41.3 Å². The lowest BCUT2D eigenvalue weighted by molar-refractivity contribution is -0.116. The Morgan fingerprint density at radius 1 is 1.08 bits per heavy atom. The molecule has 0 bridgehead atoms. The first-order valence-electron chi connectivity index (χ1n) is 8.06. The number of amides is 3. The van der Waals surface area contributed by atoms with Gasteiger partial charge in [0, 0.05) is 10.2 Å². The molecule has 0 saturated heterocycles. The summed E-state index contributed by atoms with van der Waals surface area (Å²) in [6, 6.07) is 14.0. The maximum atomic E-state index is 12.4. The minimum atomic E-state index is -0.664. The number of nitrogens with two attached hydrogens (primary N) is 1. The van der Waals surface area contributed by atoms with Gasteiger partial charge in [0.1, 0.15) is 0 Å². The molecule has 0 aliphatic carbocycles. The molecule has 0 radical (unpaired) electrons. The second-order valence-corrected chi connectivity index (χ2v) is 7.06. The molecule has 0 heterocycles. The van der Waals surface area contributed by atoms with Gasteiger partial charge in [0.05, 0.1) is 12.5 Å². The fourth-order valence-electron chi connectivity index (χ4n) is 2.49. The zero-order valence-corrected chi connectivity index (χ0v) is 15.8. The van der Waals surface area contributed by atoms with Crippen LogP contribution in [0.3, 0.4) is 0 Å². The predicted molar refractivity (Wildman–Crippen MR) is 103 cm³/mol. The summed E-state index contributed by atoms with van der Waals surface area (Å²) in [4.78, 5) is 23.7. The molecular weight excluding hydrogens is 382 g/mol. The van der Waals surface area contributed by atoms with Crippen LogP contribution in [0.15, 0.2) is 53.0 Å². The van der Waals surface area contributed by atoms with Gasteiger partial charge < -0.3 is 16.4 Å². The first-order chi connectivity index (χ1) is 11.8. The molecule has 0 spiro atoms. The second-order valence-electron chi connectivity index (χ2n) is 6.15. The third kappa shape index (κ3) is 5.90. The number of urea groups is 1. The third-order valence-corrected chi connectivity index (χ3v) is 4.34. The number of carbonyl (C=O) groups excluding carboxylic acids is 2. The summed E-state index contributed by atoms with van der Waals surface area (Å²) in [5.41, 5.74) is 7.96. The third-order valence-electron chi connectivity index (χ3n) is 3.82. The van der Waals surface area contributed by atoms with Gasteiger partial charge in [-0.3, -0.25) is 4.79 Å². The monoisotopic (exact) mass is 403 g/mol. The molecule has 0 saturated carbocycles. The molecule has 5 nitrogen and oxygen atoms in total. The Balaban J connectivity index is 2.10. The van der Waals surface area contributed by atoms with Crippen molar-refractivity contribution in [2.75, 3.05) is 5.32 Å². The summed E-state index contributed by atoms with van der Waals surface area (Å²) >= 11 is 3.37. The van der Waals surface area contributed by atoms with Crippen LogP contribution < -0.4 is 16.4 Å². The minimum absolute atomic E-state index is 0.0937. The molecule has 132 valence electrons. The van der Waals surface area contributed by atoms with E-state index in [1.165, 1.54) is 0 Å². The number of halogens is 1. The highest BCUT2D eigenvalue weighted by atomic mass is 79.9. The fraction of sp³-hybridized carbons (Fsp3) is 0.263. The molecule has 0 aliphatic heterocycles. The molecule has 3 amide bonds. The standard InChI is InChI=1S/C19H22BrN3O2/c1-12(2)14-4-3-5-16(10-14)22-18(24)11-17(23-19(21)25)13-6-8-15(20)9-7-13/h3-10,12,17H,11H2,1-2H3,(H,22,24)(H3,21,23,25)/t17-/m0/s1. The zero-order chi connectivity index (χ0) is 18.4. The van der Waals surface area contributed by atoms with E-state index in [9.17, 15) is 9.59 Å². The number of hydrogen-bond donors (Lipinski definition) is 3. The van der Waals surface area contributed by atoms with Crippen molar-refractivity contribution in [3.63, 3.8) is 0 Å². The summed E-state index contributed by atoms with van der Waals surface area (Å²) in [6.07, 6.45) is 0.0937. The molecule has 4 N–H and O–H groups in total. The average molecular weight is 404 g/mol. The normalized spacial score (nSPS) is 11.8. The zero-order valence-electron chi connectivity index (χ0n) is 14.3. The van der Waals surface area contributed by atoms with Crippen molar-refractivity contribution in [1.29, 1.82) is 0 Å². The maximum Gasteiger partial charge on any atom is 0.312 e. The number of rotatable bonds is 6. The van der Waals surface area contributed by atoms with Crippen LogP contribution in [0, 0.1) is 0 Å². The molecule has 0 fully saturated rings. The van der Waals surface area contributed by atoms with Gasteiger partial charge in [0.2, 0.25) is 5.91 Å². The van der Waals surface area contributed by atoms with Crippen LogP contribution in [0.2, 0.25) is 0 Å². The highest BCUT2D eigenvalue weighted by molar-refractivity contribution is 9.10. The maximum absolute atomic E-state index is 12.4. The Morgan fingerprint density at radius 2 is 1.76 bits per heavy atom. The summed E-state index contributed by atoms with van der Waals surface area (Å²) < 4.78 is 0.920. The van der Waals surface area contributed by atoms with Gasteiger partial charge in [-0.1, -0.05) is 54.0 Å². The molecule has 6 heteroatoms. The van der Waals surface area contributed by atoms with E-state index in [2.05, 4.69) is 40.4 Å². The van der Waals surface area contributed by atoms with E-state index in [1.807, 2.05) is 48.5 Å². The Bertz CT molecular complexity index is 745. The molecule has 25 heavy (non-hydrogen) atoms. The lowest BCUT2D eigenvalue weighted by Gasteiger charge is -2.18. The van der Waals surface area contributed by atoms with Crippen LogP contribution in [0.4, 0.5) is 10.5 Å². The quantitative estimate of drug-likeness (QED) is 0.670. The largest absolute Gasteiger partial charge is 0.352 e. The van der Waals surface area contributed by atoms with Crippen LogP contribution in [-0.4, -0.2) is 11.9 Å². The topological polar surface area (TPSA) is 84.2 Å². The lowest BCUT2D eigenvalue weighted by atomic mass is 10.0. The highest BCUT2D eigenvalue weighted by Crippen LogP contribution is 2.22. The van der Waals surface area contributed by atoms with Gasteiger partial charge in [-0.15, -0.1) is 0 Å². The van der Waals surface area contributed by atoms with Crippen molar-refractivity contribution in [2.45, 2.75) is 32.2 Å². The molecule has 2 aromatic rings. The fourth-order valence-corrected chi connectivity index (χ4v) is 2.76. The van der Waals surface area contributed by atoms with Crippen molar-refractivity contribution < 1.29 is 9.59 Å². The SMILES string of the molecule is CC(C)c1cccc(NC(=O)C[C@H](NC(N)=O)c2ccc(Br)cc2)c1. The summed E-state index contributed by atoms with van der Waals surface area (Å²) in [5, 5.41) is 5.51. The number of benzene rings is 2. The van der Waals surface area contributed by atoms with Crippen molar-refractivity contribution >= 4 is 33.6 Å². The smallest absolute Gasteiger partial charge is 0.312 e. The van der Waals surface area contributed by atoms with E-state index in [-0.39, 0.29) is 12.3 Å². The van der Waals surface area contributed by atoms with Gasteiger partial charge in [0.15, 0.2) is 0 Å². The Morgan fingerprint density at radius 3 is 2.36 bits per heavy atom. The van der Waals surface area contributed by atoms with Crippen LogP contribution in [-0.2, 0) is 4.79 Å². The van der Waals surface area contributed by atoms with E-state index in [1.54, 1.807) is 0 Å². The minimum Gasteiger partial charge on any atom is -0.352 e. The molecule has 0 aromatic heterocycles. The number of hydrogen-bond acceptors (Lipinski definition) is 2. The van der Waals surface area contributed by atoms with Crippen molar-refractivity contribution in [3.05, 3.63) is 64.1 Å². The Labute approximate surface area is 156 Å². The average Bonchev–Trinajstić information content (AvgIpc) is 2.54. The first-order valence-corrected chi connectivity index (χ1v) is 8.85. The molecular formula is C19H22BrN3O2. The molecule has 2 rings (SSSR count). The van der Waals surface area contributed by atoms with Crippen LogP contribution in [0.1, 0.15) is 43.4 Å². The Kier molecular flexibility index (Phi) is 6.58. The number of carbonyl (C=O) groups is 2. The second kappa shape index (κ2) is 8.67. The lowest BCUT2D eigenvalue weighted by Crippen LogP contribution is -2.35. The molecule has 0 aliphatic rings. The van der Waals surface area contributed by atoms with Crippen LogP contribution in [0.25, 0.3) is 0 Å². The summed E-state index contributed by atoms with van der Waals surface area (Å²) in [5.74, 6) is 0.187. The number of nitrogens with one attached hydrogen (secondary N) is 2. The Hall–Kier alpha value is -2.34. The van der Waals surface area contributed by atoms with Gasteiger partial charge in [0.25, 0.3) is 0 Å². The number of anilines is 1. The van der Waals surface area contributed by atoms with Crippen molar-refractivity contribution in [3.8, 4) is 0 Å². The van der Waals surface area contributed by atoms with Gasteiger partial charge >= 0.3 is 6.03 Å². The number of primary amides is 1. The van der Waals surface area contributed by atoms with Crippen LogP contribution in [0.5, 0.6) is 0 Å². The predicted octanol–water partition coefficient (Wildman–Crippen LogP) is 4.31.